The number of aromatic nitrogens is 2. The van der Waals surface area contributed by atoms with Crippen LogP contribution in [0.2, 0.25) is 0 Å². The van der Waals surface area contributed by atoms with E-state index in [9.17, 15) is 9.90 Å². The number of aryl methyl sites for hydroxylation is 2. The average Bonchev–Trinajstić information content (AvgIpc) is 3.32. The van der Waals surface area contributed by atoms with Gasteiger partial charge < -0.3 is 14.4 Å². The molecule has 1 fully saturated rings. The summed E-state index contributed by atoms with van der Waals surface area (Å²) in [6, 6.07) is 21.6. The third-order valence-electron chi connectivity index (χ3n) is 6.78. The molecule has 0 bridgehead atoms. The van der Waals surface area contributed by atoms with E-state index in [1.807, 2.05) is 73.1 Å². The van der Waals surface area contributed by atoms with Crippen LogP contribution in [-0.2, 0) is 13.0 Å². The Morgan fingerprint density at radius 3 is 2.62 bits per heavy atom. The molecule has 3 aromatic carbocycles. The number of imidazole rings is 1. The molecule has 0 spiro atoms. The van der Waals surface area contributed by atoms with E-state index < -0.39 is 0 Å². The largest absolute Gasteiger partial charge is 0.457 e. The second-order valence-corrected chi connectivity index (χ2v) is 9.96. The first-order valence-electron chi connectivity index (χ1n) is 12.8. The highest BCUT2D eigenvalue weighted by atomic mass is 16.5. The summed E-state index contributed by atoms with van der Waals surface area (Å²) in [5.74, 6) is 1.46. The Kier molecular flexibility index (Phi) is 7.49. The molecular weight excluding hydrogens is 462 g/mol. The van der Waals surface area contributed by atoms with Crippen molar-refractivity contribution in [2.45, 2.75) is 45.8 Å². The molecule has 1 aromatic heterocycles. The van der Waals surface area contributed by atoms with E-state index in [2.05, 4.69) is 28.1 Å². The van der Waals surface area contributed by atoms with Gasteiger partial charge in [0.2, 0.25) is 0 Å². The van der Waals surface area contributed by atoms with E-state index in [0.717, 1.165) is 59.8 Å². The Hall–Kier alpha value is -3.74. The Balaban J connectivity index is 1.40. The van der Waals surface area contributed by atoms with Gasteiger partial charge in [0.15, 0.2) is 5.78 Å². The molecule has 0 aliphatic carbocycles. The van der Waals surface area contributed by atoms with Crippen LogP contribution in [0.3, 0.4) is 0 Å². The quantitative estimate of drug-likeness (QED) is 0.319. The third kappa shape index (κ3) is 6.34. The number of nitrogens with zero attached hydrogens (tertiary/aromatic N) is 3. The monoisotopic (exact) mass is 495 g/mol. The van der Waals surface area contributed by atoms with E-state index in [0.29, 0.717) is 17.9 Å². The molecule has 6 heteroatoms. The zero-order valence-corrected chi connectivity index (χ0v) is 21.4. The highest BCUT2D eigenvalue weighted by Gasteiger charge is 2.19. The third-order valence-corrected chi connectivity index (χ3v) is 6.78. The number of benzene rings is 3. The average molecular weight is 496 g/mol. The molecule has 6 nitrogen and oxygen atoms in total. The normalized spacial score (nSPS) is 16.0. The molecule has 1 saturated heterocycles. The van der Waals surface area contributed by atoms with Crippen LogP contribution < -0.4 is 4.74 Å². The van der Waals surface area contributed by atoms with Crippen LogP contribution in [0.4, 0.5) is 0 Å². The van der Waals surface area contributed by atoms with Crippen LogP contribution in [-0.4, -0.2) is 44.5 Å². The minimum absolute atomic E-state index is 0.0382. The lowest BCUT2D eigenvalue weighted by atomic mass is 9.99. The molecule has 0 unspecified atom stereocenters. The predicted molar refractivity (Wildman–Crippen MR) is 145 cm³/mol. The fraction of sp³-hybridized carbons (Fsp3) is 0.290. The zero-order chi connectivity index (χ0) is 25.8. The Labute approximate surface area is 218 Å². The lowest BCUT2D eigenvalue weighted by Crippen LogP contribution is -2.37. The highest BCUT2D eigenvalue weighted by Crippen LogP contribution is 2.27. The van der Waals surface area contributed by atoms with Crippen molar-refractivity contribution < 1.29 is 14.6 Å². The van der Waals surface area contributed by atoms with Crippen molar-refractivity contribution in [3.05, 3.63) is 107 Å². The van der Waals surface area contributed by atoms with Crippen molar-refractivity contribution in [2.75, 3.05) is 13.1 Å². The van der Waals surface area contributed by atoms with Crippen LogP contribution in [0, 0.1) is 13.8 Å². The highest BCUT2D eigenvalue weighted by molar-refractivity contribution is 5.98. The Morgan fingerprint density at radius 2 is 1.86 bits per heavy atom. The first kappa shape index (κ1) is 24.9. The number of β-amino-alcohol motifs (C(OH)–C–C–N with tert-alkyl or cyclic N) is 1. The van der Waals surface area contributed by atoms with Crippen LogP contribution in [0.25, 0.3) is 5.69 Å². The maximum atomic E-state index is 13.4. The molecular formula is C31H33N3O3. The van der Waals surface area contributed by atoms with Crippen molar-refractivity contribution in [3.8, 4) is 17.2 Å². The molecule has 1 aliphatic heterocycles. The predicted octanol–water partition coefficient (Wildman–Crippen LogP) is 5.66. The van der Waals surface area contributed by atoms with Crippen molar-refractivity contribution >= 4 is 5.78 Å². The molecule has 2 heterocycles. The molecule has 37 heavy (non-hydrogen) atoms. The van der Waals surface area contributed by atoms with Gasteiger partial charge in [-0.2, -0.15) is 0 Å². The number of aliphatic hydroxyl groups excluding tert-OH is 1. The van der Waals surface area contributed by atoms with Crippen molar-refractivity contribution in [3.63, 3.8) is 0 Å². The first-order valence-corrected chi connectivity index (χ1v) is 12.8. The summed E-state index contributed by atoms with van der Waals surface area (Å²) in [6.45, 7) is 6.32. The topological polar surface area (TPSA) is 67.6 Å². The summed E-state index contributed by atoms with van der Waals surface area (Å²) >= 11 is 0. The Bertz CT molecular complexity index is 1380. The smallest absolute Gasteiger partial charge is 0.167 e. The number of carbonyl (C=O) groups excluding carboxylic acids is 1. The van der Waals surface area contributed by atoms with Gasteiger partial charge in [-0.05, 0) is 80.3 Å². The van der Waals surface area contributed by atoms with Crippen molar-refractivity contribution in [1.82, 2.24) is 14.5 Å². The number of piperidine rings is 1. The minimum Gasteiger partial charge on any atom is -0.457 e. The molecule has 0 radical (unpaired) electrons. The van der Waals surface area contributed by atoms with Crippen LogP contribution >= 0.6 is 0 Å². The number of rotatable bonds is 8. The van der Waals surface area contributed by atoms with Gasteiger partial charge in [0, 0.05) is 37.0 Å². The van der Waals surface area contributed by atoms with Gasteiger partial charge in [-0.1, -0.05) is 36.4 Å². The van der Waals surface area contributed by atoms with E-state index in [-0.39, 0.29) is 18.3 Å². The number of para-hydroxylation sites is 1. The van der Waals surface area contributed by atoms with Crippen LogP contribution in [0.5, 0.6) is 11.5 Å². The van der Waals surface area contributed by atoms with Crippen molar-refractivity contribution in [2.24, 2.45) is 0 Å². The van der Waals surface area contributed by atoms with Crippen molar-refractivity contribution in [1.29, 1.82) is 0 Å². The lowest BCUT2D eigenvalue weighted by Gasteiger charge is -2.30. The number of ketones is 1. The van der Waals surface area contributed by atoms with E-state index in [4.69, 9.17) is 4.74 Å². The number of Topliss-reactive ketones (excluding diaryl/α,β-unsaturated/α-hetero) is 1. The first-order chi connectivity index (χ1) is 17.9. The zero-order valence-electron chi connectivity index (χ0n) is 21.4. The molecule has 1 N–H and O–H groups in total. The molecule has 190 valence electrons. The maximum Gasteiger partial charge on any atom is 0.167 e. The standard InChI is InChI=1S/C31H33N3O3/c1-22-10-11-26(17-31(22)37-29-8-4-3-5-9-29)30(36)16-24-13-25(19-33-12-6-7-28(35)20-33)15-27(14-24)34-18-23(2)32-21-34/h3-5,8-11,13-15,17-18,21,28,35H,6-7,12,16,19-20H2,1-2H3/t28-/m0/s1. The number of hydrogen-bond donors (Lipinski definition) is 1. The SMILES string of the molecule is Cc1cn(-c2cc(CC(=O)c3ccc(C)c(Oc4ccccc4)c3)cc(CN3CCC[C@H](O)C3)c2)cn1. The van der Waals surface area contributed by atoms with Crippen LogP contribution in [0.15, 0.2) is 79.3 Å². The van der Waals surface area contributed by atoms with Gasteiger partial charge in [-0.15, -0.1) is 0 Å². The molecule has 5 rings (SSSR count). The van der Waals surface area contributed by atoms with Gasteiger partial charge in [0.05, 0.1) is 18.1 Å². The maximum absolute atomic E-state index is 13.4. The van der Waals surface area contributed by atoms with Gasteiger partial charge in [0.1, 0.15) is 11.5 Å². The van der Waals surface area contributed by atoms with Gasteiger partial charge >= 0.3 is 0 Å². The summed E-state index contributed by atoms with van der Waals surface area (Å²) < 4.78 is 8.05. The fourth-order valence-corrected chi connectivity index (χ4v) is 4.87. The molecule has 4 aromatic rings. The summed E-state index contributed by atoms with van der Waals surface area (Å²) in [5.41, 5.74) is 5.60. The summed E-state index contributed by atoms with van der Waals surface area (Å²) in [6.07, 6.45) is 5.65. The van der Waals surface area contributed by atoms with E-state index >= 15 is 0 Å². The number of likely N-dealkylation sites (tertiary alicyclic amines) is 1. The lowest BCUT2D eigenvalue weighted by molar-refractivity contribution is 0.0668. The number of ether oxygens (including phenoxy) is 1. The summed E-state index contributed by atoms with van der Waals surface area (Å²) in [5, 5.41) is 10.1. The Morgan fingerprint density at radius 1 is 1.05 bits per heavy atom. The van der Waals surface area contributed by atoms with Crippen LogP contribution in [0.1, 0.15) is 45.6 Å². The van der Waals surface area contributed by atoms with E-state index in [1.54, 1.807) is 6.33 Å². The van der Waals surface area contributed by atoms with Gasteiger partial charge in [0.25, 0.3) is 0 Å². The number of hydrogen-bond acceptors (Lipinski definition) is 5. The number of aliphatic hydroxyl groups is 1. The summed E-state index contributed by atoms with van der Waals surface area (Å²) in [7, 11) is 0. The van der Waals surface area contributed by atoms with E-state index in [1.165, 1.54) is 0 Å². The minimum atomic E-state index is -0.275. The molecule has 1 atom stereocenters. The number of carbonyl (C=O) groups is 1. The second kappa shape index (κ2) is 11.1. The molecule has 1 aliphatic rings. The second-order valence-electron chi connectivity index (χ2n) is 9.96. The summed E-state index contributed by atoms with van der Waals surface area (Å²) in [4.78, 5) is 20.1. The van der Waals surface area contributed by atoms with Gasteiger partial charge in [-0.25, -0.2) is 4.98 Å². The van der Waals surface area contributed by atoms with Gasteiger partial charge in [-0.3, -0.25) is 9.69 Å². The molecule has 0 saturated carbocycles. The fourth-order valence-electron chi connectivity index (χ4n) is 4.87. The molecule has 0 amide bonds.